The minimum absolute atomic E-state index is 0.00314. The van der Waals surface area contributed by atoms with Gasteiger partial charge in [0.25, 0.3) is 0 Å². The Hall–Kier alpha value is -2.99. The second-order valence-electron chi connectivity index (χ2n) is 6.30. The summed E-state index contributed by atoms with van der Waals surface area (Å²) in [5.41, 5.74) is 4.78. The molecule has 0 bridgehead atoms. The molecular formula is C20H23N5O. The SMILES string of the molecule is Cc1cccc(C)c1Nc1cc(-c2ccccn2)nc(N[C@@H](C)CO)n1. The van der Waals surface area contributed by atoms with Crippen molar-refractivity contribution in [1.82, 2.24) is 15.0 Å². The number of benzene rings is 1. The van der Waals surface area contributed by atoms with E-state index in [0.29, 0.717) is 17.5 Å². The van der Waals surface area contributed by atoms with E-state index in [0.717, 1.165) is 22.5 Å². The lowest BCUT2D eigenvalue weighted by Gasteiger charge is -2.16. The molecule has 0 aliphatic heterocycles. The van der Waals surface area contributed by atoms with Crippen molar-refractivity contribution in [2.45, 2.75) is 26.8 Å². The molecule has 0 aliphatic rings. The average Bonchev–Trinajstić information content (AvgIpc) is 2.65. The molecule has 26 heavy (non-hydrogen) atoms. The van der Waals surface area contributed by atoms with E-state index in [4.69, 9.17) is 0 Å². The predicted octanol–water partition coefficient (Wildman–Crippen LogP) is 3.69. The lowest BCUT2D eigenvalue weighted by molar-refractivity contribution is 0.281. The number of para-hydroxylation sites is 1. The Labute approximate surface area is 153 Å². The van der Waals surface area contributed by atoms with E-state index in [-0.39, 0.29) is 12.6 Å². The van der Waals surface area contributed by atoms with Crippen LogP contribution in [-0.4, -0.2) is 32.7 Å². The molecule has 0 radical (unpaired) electrons. The summed E-state index contributed by atoms with van der Waals surface area (Å²) in [5, 5.41) is 15.8. The lowest BCUT2D eigenvalue weighted by Crippen LogP contribution is -2.21. The Kier molecular flexibility index (Phi) is 5.43. The molecule has 0 saturated carbocycles. The third kappa shape index (κ3) is 4.15. The van der Waals surface area contributed by atoms with Crippen LogP contribution in [0.4, 0.5) is 17.5 Å². The number of pyridine rings is 1. The van der Waals surface area contributed by atoms with Crippen molar-refractivity contribution in [3.63, 3.8) is 0 Å². The van der Waals surface area contributed by atoms with Gasteiger partial charge in [-0.05, 0) is 44.0 Å². The highest BCUT2D eigenvalue weighted by Gasteiger charge is 2.11. The van der Waals surface area contributed by atoms with Crippen LogP contribution in [0.2, 0.25) is 0 Å². The van der Waals surface area contributed by atoms with Gasteiger partial charge in [-0.3, -0.25) is 4.98 Å². The van der Waals surface area contributed by atoms with Crippen molar-refractivity contribution in [2.24, 2.45) is 0 Å². The van der Waals surface area contributed by atoms with Gasteiger partial charge in [0.05, 0.1) is 18.0 Å². The molecule has 134 valence electrons. The maximum atomic E-state index is 9.31. The first kappa shape index (κ1) is 17.8. The van der Waals surface area contributed by atoms with Gasteiger partial charge in [0, 0.05) is 24.0 Å². The zero-order valence-electron chi connectivity index (χ0n) is 15.2. The summed E-state index contributed by atoms with van der Waals surface area (Å²) >= 11 is 0. The van der Waals surface area contributed by atoms with Gasteiger partial charge in [0.2, 0.25) is 5.95 Å². The van der Waals surface area contributed by atoms with Gasteiger partial charge in [0.15, 0.2) is 0 Å². The number of aromatic nitrogens is 3. The van der Waals surface area contributed by atoms with Crippen molar-refractivity contribution >= 4 is 17.5 Å². The van der Waals surface area contributed by atoms with Gasteiger partial charge in [-0.1, -0.05) is 24.3 Å². The monoisotopic (exact) mass is 349 g/mol. The first-order chi connectivity index (χ1) is 12.6. The number of hydrogen-bond donors (Lipinski definition) is 3. The summed E-state index contributed by atoms with van der Waals surface area (Å²) in [4.78, 5) is 13.5. The van der Waals surface area contributed by atoms with Crippen LogP contribution in [-0.2, 0) is 0 Å². The van der Waals surface area contributed by atoms with Crippen molar-refractivity contribution in [3.8, 4) is 11.4 Å². The fourth-order valence-electron chi connectivity index (χ4n) is 2.63. The maximum absolute atomic E-state index is 9.31. The molecule has 0 saturated heterocycles. The number of rotatable bonds is 6. The highest BCUT2D eigenvalue weighted by atomic mass is 16.3. The van der Waals surface area contributed by atoms with Crippen molar-refractivity contribution in [2.75, 3.05) is 17.2 Å². The van der Waals surface area contributed by atoms with Crippen LogP contribution >= 0.6 is 0 Å². The molecule has 1 atom stereocenters. The van der Waals surface area contributed by atoms with E-state index < -0.39 is 0 Å². The number of aliphatic hydroxyl groups is 1. The zero-order valence-corrected chi connectivity index (χ0v) is 15.2. The molecule has 6 heteroatoms. The van der Waals surface area contributed by atoms with Gasteiger partial charge < -0.3 is 15.7 Å². The summed E-state index contributed by atoms with van der Waals surface area (Å²) in [7, 11) is 0. The molecule has 2 aromatic heterocycles. The number of anilines is 3. The standard InChI is InChI=1S/C20H23N5O/c1-13-7-6-8-14(2)19(13)24-18-11-17(16-9-4-5-10-21-16)23-20(25-18)22-15(3)12-26/h4-11,15,26H,12H2,1-3H3,(H2,22,23,24,25)/t15-/m0/s1. The Bertz CT molecular complexity index is 862. The predicted molar refractivity (Wildman–Crippen MR) is 105 cm³/mol. The molecule has 2 heterocycles. The quantitative estimate of drug-likeness (QED) is 0.629. The summed E-state index contributed by atoms with van der Waals surface area (Å²) in [5.74, 6) is 1.12. The Balaban J connectivity index is 2.02. The first-order valence-corrected chi connectivity index (χ1v) is 8.58. The second kappa shape index (κ2) is 7.93. The largest absolute Gasteiger partial charge is 0.394 e. The highest BCUT2D eigenvalue weighted by molar-refractivity contribution is 5.68. The number of nitrogens with one attached hydrogen (secondary N) is 2. The molecule has 0 aliphatic carbocycles. The van der Waals surface area contributed by atoms with E-state index in [9.17, 15) is 5.11 Å². The number of hydrogen-bond acceptors (Lipinski definition) is 6. The topological polar surface area (TPSA) is 83.0 Å². The van der Waals surface area contributed by atoms with E-state index in [1.54, 1.807) is 6.20 Å². The zero-order chi connectivity index (χ0) is 18.5. The third-order valence-electron chi connectivity index (χ3n) is 4.04. The summed E-state index contributed by atoms with van der Waals surface area (Å²) < 4.78 is 0. The number of nitrogens with zero attached hydrogens (tertiary/aromatic N) is 3. The Morgan fingerprint density at radius 2 is 1.77 bits per heavy atom. The van der Waals surface area contributed by atoms with Crippen LogP contribution in [0, 0.1) is 13.8 Å². The molecule has 3 aromatic rings. The van der Waals surface area contributed by atoms with Gasteiger partial charge in [-0.2, -0.15) is 4.98 Å². The normalized spacial score (nSPS) is 11.8. The van der Waals surface area contributed by atoms with Crippen LogP contribution < -0.4 is 10.6 Å². The third-order valence-corrected chi connectivity index (χ3v) is 4.04. The molecule has 0 unspecified atom stereocenters. The fraction of sp³-hybridized carbons (Fsp3) is 0.250. The number of aliphatic hydroxyl groups excluding tert-OH is 1. The molecule has 0 amide bonds. The van der Waals surface area contributed by atoms with E-state index in [1.165, 1.54) is 0 Å². The molecule has 6 nitrogen and oxygen atoms in total. The van der Waals surface area contributed by atoms with Crippen molar-refractivity contribution in [1.29, 1.82) is 0 Å². The second-order valence-corrected chi connectivity index (χ2v) is 6.30. The molecular weight excluding hydrogens is 326 g/mol. The minimum atomic E-state index is -0.151. The fourth-order valence-corrected chi connectivity index (χ4v) is 2.63. The average molecular weight is 349 g/mol. The Morgan fingerprint density at radius 3 is 2.42 bits per heavy atom. The van der Waals surface area contributed by atoms with Crippen LogP contribution in [0.3, 0.4) is 0 Å². The summed E-state index contributed by atoms with van der Waals surface area (Å²) in [6.07, 6.45) is 1.74. The van der Waals surface area contributed by atoms with Gasteiger partial charge in [-0.25, -0.2) is 4.98 Å². The van der Waals surface area contributed by atoms with Crippen molar-refractivity contribution in [3.05, 3.63) is 59.8 Å². The summed E-state index contributed by atoms with van der Waals surface area (Å²) in [6.45, 7) is 5.98. The molecule has 0 spiro atoms. The lowest BCUT2D eigenvalue weighted by atomic mass is 10.1. The van der Waals surface area contributed by atoms with Crippen LogP contribution in [0.15, 0.2) is 48.7 Å². The maximum Gasteiger partial charge on any atom is 0.225 e. The van der Waals surface area contributed by atoms with Crippen molar-refractivity contribution < 1.29 is 5.11 Å². The number of aryl methyl sites for hydroxylation is 2. The van der Waals surface area contributed by atoms with Crippen LogP contribution in [0.1, 0.15) is 18.1 Å². The van der Waals surface area contributed by atoms with Gasteiger partial charge in [-0.15, -0.1) is 0 Å². The first-order valence-electron chi connectivity index (χ1n) is 8.58. The van der Waals surface area contributed by atoms with Crippen LogP contribution in [0.25, 0.3) is 11.4 Å². The highest BCUT2D eigenvalue weighted by Crippen LogP contribution is 2.26. The minimum Gasteiger partial charge on any atom is -0.394 e. The molecule has 0 fully saturated rings. The van der Waals surface area contributed by atoms with E-state index in [1.807, 2.05) is 37.3 Å². The van der Waals surface area contributed by atoms with Gasteiger partial charge in [0.1, 0.15) is 5.82 Å². The molecule has 1 aromatic carbocycles. The van der Waals surface area contributed by atoms with E-state index in [2.05, 4.69) is 51.6 Å². The molecule has 3 N–H and O–H groups in total. The smallest absolute Gasteiger partial charge is 0.225 e. The Morgan fingerprint density at radius 1 is 1.00 bits per heavy atom. The van der Waals surface area contributed by atoms with E-state index >= 15 is 0 Å². The molecule has 3 rings (SSSR count). The van der Waals surface area contributed by atoms with Gasteiger partial charge >= 0.3 is 0 Å². The van der Waals surface area contributed by atoms with Crippen LogP contribution in [0.5, 0.6) is 0 Å². The summed E-state index contributed by atoms with van der Waals surface area (Å²) in [6, 6.07) is 13.6.